The highest BCUT2D eigenvalue weighted by atomic mass is 16.5. The average Bonchev–Trinajstić information content (AvgIpc) is 2.97. The third-order valence-electron chi connectivity index (χ3n) is 8.23. The van der Waals surface area contributed by atoms with Crippen molar-refractivity contribution >= 4 is 11.8 Å². The Morgan fingerprint density at radius 1 is 0.842 bits per heavy atom. The fourth-order valence-electron chi connectivity index (χ4n) is 6.28. The number of fused-ring (bicyclic) bond motifs is 4. The van der Waals surface area contributed by atoms with E-state index in [4.69, 9.17) is 9.47 Å². The van der Waals surface area contributed by atoms with Crippen LogP contribution in [0.3, 0.4) is 0 Å². The first-order valence-electron chi connectivity index (χ1n) is 13.3. The monoisotopic (exact) mass is 511 g/mol. The molecule has 0 saturated carbocycles. The molecule has 2 atom stereocenters. The Morgan fingerprint density at radius 3 is 2.26 bits per heavy atom. The Hall–Kier alpha value is -3.84. The molecule has 0 aromatic heterocycles. The molecule has 1 fully saturated rings. The molecule has 7 nitrogen and oxygen atoms in total. The number of benzene rings is 3. The van der Waals surface area contributed by atoms with Gasteiger partial charge in [-0.3, -0.25) is 14.5 Å². The van der Waals surface area contributed by atoms with E-state index in [1.165, 1.54) is 11.1 Å². The molecule has 3 aliphatic heterocycles. The van der Waals surface area contributed by atoms with Crippen molar-refractivity contribution < 1.29 is 19.1 Å². The molecule has 3 aromatic carbocycles. The van der Waals surface area contributed by atoms with E-state index in [-0.39, 0.29) is 17.9 Å². The molecule has 3 aliphatic rings. The molecule has 0 bridgehead atoms. The van der Waals surface area contributed by atoms with E-state index >= 15 is 0 Å². The van der Waals surface area contributed by atoms with E-state index in [1.54, 1.807) is 20.3 Å². The molecule has 3 heterocycles. The summed E-state index contributed by atoms with van der Waals surface area (Å²) >= 11 is 0. The molecule has 0 spiro atoms. The van der Waals surface area contributed by atoms with Gasteiger partial charge in [0.25, 0.3) is 5.91 Å². The van der Waals surface area contributed by atoms with Gasteiger partial charge in [0.05, 0.1) is 26.2 Å². The van der Waals surface area contributed by atoms with E-state index in [2.05, 4.69) is 41.3 Å². The number of methoxy groups -OCH3 is 2. The Bertz CT molecular complexity index is 1350. The van der Waals surface area contributed by atoms with Crippen LogP contribution in [0.5, 0.6) is 11.5 Å². The Kier molecular flexibility index (Phi) is 6.54. The van der Waals surface area contributed by atoms with Crippen molar-refractivity contribution in [2.24, 2.45) is 0 Å². The van der Waals surface area contributed by atoms with Crippen molar-refractivity contribution in [3.63, 3.8) is 0 Å². The maximum absolute atomic E-state index is 14.4. The number of ether oxygens (including phenoxy) is 2. The van der Waals surface area contributed by atoms with E-state index in [1.807, 2.05) is 34.1 Å². The number of hydrogen-bond acceptors (Lipinski definition) is 5. The Morgan fingerprint density at radius 2 is 1.53 bits per heavy atom. The lowest BCUT2D eigenvalue weighted by atomic mass is 9.75. The summed E-state index contributed by atoms with van der Waals surface area (Å²) in [5, 5.41) is 0. The minimum Gasteiger partial charge on any atom is -0.493 e. The van der Waals surface area contributed by atoms with Crippen LogP contribution < -0.4 is 9.47 Å². The molecule has 6 rings (SSSR count). The molecule has 7 heteroatoms. The molecule has 3 aromatic rings. The average molecular weight is 512 g/mol. The Balaban J connectivity index is 1.35. The summed E-state index contributed by atoms with van der Waals surface area (Å²) in [5.74, 6) is 0.525. The molecule has 0 N–H and O–H groups in total. The zero-order valence-electron chi connectivity index (χ0n) is 21.9. The highest BCUT2D eigenvalue weighted by Crippen LogP contribution is 2.49. The van der Waals surface area contributed by atoms with E-state index in [0.717, 1.165) is 37.2 Å². The van der Waals surface area contributed by atoms with Gasteiger partial charge in [0.1, 0.15) is 0 Å². The number of piperazine rings is 1. The number of amides is 2. The van der Waals surface area contributed by atoms with Gasteiger partial charge in [0.15, 0.2) is 11.5 Å². The van der Waals surface area contributed by atoms with E-state index < -0.39 is 5.92 Å². The number of hydrogen-bond donors (Lipinski definition) is 0. The van der Waals surface area contributed by atoms with E-state index in [9.17, 15) is 9.59 Å². The quantitative estimate of drug-likeness (QED) is 0.520. The minimum absolute atomic E-state index is 0.0582. The zero-order valence-corrected chi connectivity index (χ0v) is 21.9. The van der Waals surface area contributed by atoms with Crippen molar-refractivity contribution in [3.05, 3.63) is 94.5 Å². The second-order valence-corrected chi connectivity index (χ2v) is 10.3. The van der Waals surface area contributed by atoms with Gasteiger partial charge >= 0.3 is 0 Å². The molecular weight excluding hydrogens is 478 g/mol. The second-order valence-electron chi connectivity index (χ2n) is 10.3. The van der Waals surface area contributed by atoms with Gasteiger partial charge < -0.3 is 19.3 Å². The zero-order chi connectivity index (χ0) is 26.2. The van der Waals surface area contributed by atoms with Gasteiger partial charge in [-0.05, 0) is 40.8 Å². The van der Waals surface area contributed by atoms with E-state index in [0.29, 0.717) is 36.7 Å². The van der Waals surface area contributed by atoms with Crippen molar-refractivity contribution in [1.29, 1.82) is 0 Å². The topological polar surface area (TPSA) is 62.3 Å². The number of carbonyl (C=O) groups excluding carboxylic acids is 2. The molecular formula is C31H33N3O4. The highest BCUT2D eigenvalue weighted by molar-refractivity contribution is 6.02. The SMILES string of the molecule is COc1cc2c(cc1OC)[C@@H](C(=O)N1CCN(Cc3ccccc3)CC1)[C@@H]1c3ccccc3CCN1C2=O. The largest absolute Gasteiger partial charge is 0.493 e. The van der Waals surface area contributed by atoms with Gasteiger partial charge in [-0.1, -0.05) is 54.6 Å². The van der Waals surface area contributed by atoms with Crippen molar-refractivity contribution in [3.8, 4) is 11.5 Å². The standard InChI is InChI=1S/C31H33N3O4/c1-37-26-18-24-25(19-27(26)38-2)30(35)34-13-12-22-10-6-7-11-23(22)29(34)28(24)31(36)33-16-14-32(15-17-33)20-21-8-4-3-5-9-21/h3-11,18-19,28-29H,12-17,20H2,1-2H3/t28-,29+/m1/s1. The number of carbonyl (C=O) groups is 2. The maximum atomic E-state index is 14.4. The van der Waals surface area contributed by atoms with Crippen LogP contribution in [0.4, 0.5) is 0 Å². The predicted molar refractivity (Wildman–Crippen MR) is 145 cm³/mol. The number of rotatable bonds is 5. The minimum atomic E-state index is -0.510. The second kappa shape index (κ2) is 10.1. The van der Waals surface area contributed by atoms with Crippen LogP contribution in [0.2, 0.25) is 0 Å². The van der Waals surface area contributed by atoms with Gasteiger partial charge in [-0.25, -0.2) is 0 Å². The molecule has 0 unspecified atom stereocenters. The van der Waals surface area contributed by atoms with Gasteiger partial charge in [0, 0.05) is 44.8 Å². The molecule has 0 radical (unpaired) electrons. The van der Waals surface area contributed by atoms with Gasteiger partial charge in [-0.2, -0.15) is 0 Å². The van der Waals surface area contributed by atoms with Gasteiger partial charge in [0.2, 0.25) is 5.91 Å². The van der Waals surface area contributed by atoms with Crippen LogP contribution in [-0.4, -0.2) is 73.5 Å². The summed E-state index contributed by atoms with van der Waals surface area (Å²) in [7, 11) is 3.15. The first-order valence-corrected chi connectivity index (χ1v) is 13.3. The third kappa shape index (κ3) is 4.21. The Labute approximate surface area is 223 Å². The maximum Gasteiger partial charge on any atom is 0.254 e. The predicted octanol–water partition coefficient (Wildman–Crippen LogP) is 3.89. The van der Waals surface area contributed by atoms with Crippen molar-refractivity contribution in [2.75, 3.05) is 46.9 Å². The van der Waals surface area contributed by atoms with Crippen molar-refractivity contribution in [1.82, 2.24) is 14.7 Å². The van der Waals surface area contributed by atoms with Gasteiger partial charge in [-0.15, -0.1) is 0 Å². The van der Waals surface area contributed by atoms with Crippen LogP contribution in [-0.2, 0) is 17.8 Å². The normalized spacial score (nSPS) is 20.8. The fraction of sp³-hybridized carbons (Fsp3) is 0.355. The first kappa shape index (κ1) is 24.5. The molecule has 196 valence electrons. The van der Waals surface area contributed by atoms with Crippen LogP contribution in [0.1, 0.15) is 44.6 Å². The van der Waals surface area contributed by atoms with Crippen LogP contribution >= 0.6 is 0 Å². The highest BCUT2D eigenvalue weighted by Gasteiger charge is 2.48. The molecule has 2 amide bonds. The first-order chi connectivity index (χ1) is 18.6. The lowest BCUT2D eigenvalue weighted by Crippen LogP contribution is -2.54. The summed E-state index contributed by atoms with van der Waals surface area (Å²) in [6.45, 7) is 4.42. The van der Waals surface area contributed by atoms with Crippen LogP contribution in [0.25, 0.3) is 0 Å². The summed E-state index contributed by atoms with van der Waals surface area (Å²) < 4.78 is 11.1. The molecule has 0 aliphatic carbocycles. The summed E-state index contributed by atoms with van der Waals surface area (Å²) in [6, 6.07) is 21.9. The summed E-state index contributed by atoms with van der Waals surface area (Å²) in [6.07, 6.45) is 0.778. The van der Waals surface area contributed by atoms with Crippen LogP contribution in [0.15, 0.2) is 66.7 Å². The lowest BCUT2D eigenvalue weighted by Gasteiger charge is -2.47. The van der Waals surface area contributed by atoms with Crippen molar-refractivity contribution in [2.45, 2.75) is 24.9 Å². The smallest absolute Gasteiger partial charge is 0.254 e. The fourth-order valence-corrected chi connectivity index (χ4v) is 6.28. The lowest BCUT2D eigenvalue weighted by molar-refractivity contribution is -0.136. The molecule has 38 heavy (non-hydrogen) atoms. The third-order valence-corrected chi connectivity index (χ3v) is 8.23. The summed E-state index contributed by atoms with van der Waals surface area (Å²) in [4.78, 5) is 34.5. The number of nitrogens with zero attached hydrogens (tertiary/aromatic N) is 3. The summed E-state index contributed by atoms with van der Waals surface area (Å²) in [5.41, 5.74) is 4.80. The molecule has 1 saturated heterocycles. The van der Waals surface area contributed by atoms with Crippen LogP contribution in [0, 0.1) is 0 Å².